The van der Waals surface area contributed by atoms with E-state index >= 15 is 0 Å². The molecule has 0 amide bonds. The minimum atomic E-state index is -4.32. The number of hydrogen-bond donors (Lipinski definition) is 1. The molecule has 30 heavy (non-hydrogen) atoms. The fourth-order valence-corrected chi connectivity index (χ4v) is 5.12. The van der Waals surface area contributed by atoms with Crippen molar-refractivity contribution in [3.63, 3.8) is 0 Å². The number of rotatable bonds is 5. The molecule has 0 aromatic heterocycles. The zero-order valence-corrected chi connectivity index (χ0v) is 17.5. The number of anilines is 1. The lowest BCUT2D eigenvalue weighted by atomic mass is 9.92. The molecule has 160 valence electrons. The minimum absolute atomic E-state index is 0.00783. The van der Waals surface area contributed by atoms with E-state index in [1.165, 1.54) is 12.1 Å². The Labute approximate surface area is 174 Å². The molecule has 4 nitrogen and oxygen atoms in total. The normalized spacial score (nSPS) is 26.1. The van der Waals surface area contributed by atoms with E-state index in [1.54, 1.807) is 6.07 Å². The van der Waals surface area contributed by atoms with Crippen molar-refractivity contribution < 1.29 is 21.6 Å². The van der Waals surface area contributed by atoms with Gasteiger partial charge < -0.3 is 4.90 Å². The van der Waals surface area contributed by atoms with Crippen LogP contribution in [0.4, 0.5) is 18.9 Å². The van der Waals surface area contributed by atoms with Crippen LogP contribution in [0.5, 0.6) is 0 Å². The molecule has 2 atom stereocenters. The van der Waals surface area contributed by atoms with Gasteiger partial charge in [-0.1, -0.05) is 31.2 Å². The van der Waals surface area contributed by atoms with Crippen LogP contribution >= 0.6 is 0 Å². The number of piperidine rings is 1. The molecular weight excluding hydrogens is 413 g/mol. The molecule has 2 fully saturated rings. The largest absolute Gasteiger partial charge is 0.416 e. The quantitative estimate of drug-likeness (QED) is 0.747. The molecule has 0 bridgehead atoms. The monoisotopic (exact) mass is 436 g/mol. The summed E-state index contributed by atoms with van der Waals surface area (Å²) in [5, 5.41) is 0. The van der Waals surface area contributed by atoms with Gasteiger partial charge in [0.1, 0.15) is 0 Å². The fourth-order valence-electron chi connectivity index (χ4n) is 4.57. The third-order valence-electron chi connectivity index (χ3n) is 6.28. The van der Waals surface area contributed by atoms with Gasteiger partial charge in [-0.3, -0.25) is 4.72 Å². The Balaban J connectivity index is 1.40. The highest BCUT2D eigenvalue weighted by Gasteiger charge is 2.65. The lowest BCUT2D eigenvalue weighted by Gasteiger charge is -2.23. The van der Waals surface area contributed by atoms with Gasteiger partial charge in [-0.05, 0) is 59.5 Å². The molecule has 2 aromatic carbocycles. The number of halogens is 3. The molecule has 2 aliphatic rings. The Bertz CT molecular complexity index is 1070. The van der Waals surface area contributed by atoms with Crippen molar-refractivity contribution in [1.82, 2.24) is 4.90 Å². The van der Waals surface area contributed by atoms with Crippen LogP contribution in [0, 0.1) is 11.8 Å². The average Bonchev–Trinajstić information content (AvgIpc) is 3.00. The van der Waals surface area contributed by atoms with Crippen LogP contribution in [-0.2, 0) is 21.6 Å². The number of alkyl halides is 3. The molecule has 1 saturated heterocycles. The molecule has 0 spiro atoms. The van der Waals surface area contributed by atoms with Crippen LogP contribution < -0.4 is 4.72 Å². The Kier molecular flexibility index (Phi) is 4.88. The second-order valence-electron chi connectivity index (χ2n) is 8.34. The summed E-state index contributed by atoms with van der Waals surface area (Å²) in [6.45, 7) is 3.93. The summed E-state index contributed by atoms with van der Waals surface area (Å²) in [6.07, 6.45) is 0.584. The van der Waals surface area contributed by atoms with E-state index in [2.05, 4.69) is 16.5 Å². The van der Waals surface area contributed by atoms with Gasteiger partial charge in [0.2, 0.25) is 10.0 Å². The van der Waals surface area contributed by atoms with E-state index in [0.717, 1.165) is 42.6 Å². The summed E-state index contributed by atoms with van der Waals surface area (Å²) < 4.78 is 63.5. The summed E-state index contributed by atoms with van der Waals surface area (Å²) in [5.74, 6) is 0.923. The van der Waals surface area contributed by atoms with Crippen LogP contribution in [0.1, 0.15) is 23.6 Å². The predicted octanol–water partition coefficient (Wildman–Crippen LogP) is 4.57. The minimum Gasteiger partial charge on any atom is -0.377 e. The second-order valence-corrected chi connectivity index (χ2v) is 10.1. The van der Waals surface area contributed by atoms with E-state index in [0.29, 0.717) is 17.5 Å². The number of nitrogens with zero attached hydrogens (tertiary/aromatic N) is 1. The van der Waals surface area contributed by atoms with E-state index in [-0.39, 0.29) is 5.41 Å². The molecule has 4 rings (SSSR count). The number of nitrogens with one attached hydrogen (secondary N) is 1. The maximum absolute atomic E-state index is 12.7. The summed E-state index contributed by atoms with van der Waals surface area (Å²) in [5.41, 5.74) is 1.78. The Morgan fingerprint density at radius 3 is 2.30 bits per heavy atom. The van der Waals surface area contributed by atoms with Crippen molar-refractivity contribution in [1.29, 1.82) is 0 Å². The van der Waals surface area contributed by atoms with E-state index < -0.39 is 21.8 Å². The second kappa shape index (κ2) is 7.04. The first kappa shape index (κ1) is 20.8. The lowest BCUT2D eigenvalue weighted by Crippen LogP contribution is -2.24. The summed E-state index contributed by atoms with van der Waals surface area (Å²) >= 11 is 0. The molecule has 0 radical (unpaired) electrons. The number of hydrogen-bond acceptors (Lipinski definition) is 3. The first-order chi connectivity index (χ1) is 14.0. The van der Waals surface area contributed by atoms with Crippen LogP contribution in [0.3, 0.4) is 0 Å². The Morgan fingerprint density at radius 1 is 1.10 bits per heavy atom. The van der Waals surface area contributed by atoms with Gasteiger partial charge in [0.05, 0.1) is 11.8 Å². The van der Waals surface area contributed by atoms with Crippen molar-refractivity contribution in [2.75, 3.05) is 24.1 Å². The van der Waals surface area contributed by atoms with E-state index in [1.807, 2.05) is 30.5 Å². The molecule has 1 aliphatic carbocycles. The number of fused-ring (bicyclic) bond motifs is 1. The van der Waals surface area contributed by atoms with Crippen LogP contribution in [-0.4, -0.2) is 32.7 Å². The highest BCUT2D eigenvalue weighted by Crippen LogP contribution is 2.63. The van der Waals surface area contributed by atoms with Gasteiger partial charge in [0.25, 0.3) is 0 Å². The van der Waals surface area contributed by atoms with Gasteiger partial charge >= 0.3 is 6.18 Å². The smallest absolute Gasteiger partial charge is 0.377 e. The molecule has 2 aromatic rings. The Hall–Kier alpha value is -2.48. The molecule has 1 saturated carbocycles. The van der Waals surface area contributed by atoms with Gasteiger partial charge in [0, 0.05) is 24.2 Å². The van der Waals surface area contributed by atoms with E-state index in [9.17, 15) is 21.6 Å². The Morgan fingerprint density at radius 2 is 1.73 bits per heavy atom. The first-order valence-corrected chi connectivity index (χ1v) is 11.5. The summed E-state index contributed by atoms with van der Waals surface area (Å²) in [6, 6.07) is 12.7. The highest BCUT2D eigenvalue weighted by atomic mass is 32.2. The fraction of sp³-hybridized carbons (Fsp3) is 0.364. The standard InChI is InChI=1S/C22H23F3N2O2S/c1-21(17-4-3-5-18(12-17)26-30(2,28)29)19-13-27(14-20(19)21)11-10-15-6-8-16(9-7-15)22(23,24)25/h3-12,19-20,26H,13-14H2,1-2H3/b11-10-. The van der Waals surface area contributed by atoms with Crippen LogP contribution in [0.25, 0.3) is 6.08 Å². The maximum atomic E-state index is 12.7. The van der Waals surface area contributed by atoms with Crippen molar-refractivity contribution in [2.24, 2.45) is 11.8 Å². The van der Waals surface area contributed by atoms with Gasteiger partial charge in [-0.25, -0.2) is 8.42 Å². The molecule has 2 unspecified atom stereocenters. The zero-order chi connectivity index (χ0) is 21.7. The van der Waals surface area contributed by atoms with Gasteiger partial charge in [0.15, 0.2) is 0 Å². The molecule has 8 heteroatoms. The van der Waals surface area contributed by atoms with Gasteiger partial charge in [-0.2, -0.15) is 13.2 Å². The van der Waals surface area contributed by atoms with E-state index in [4.69, 9.17) is 0 Å². The molecular formula is C22H23F3N2O2S. The van der Waals surface area contributed by atoms with Crippen LogP contribution in [0.15, 0.2) is 54.7 Å². The summed E-state index contributed by atoms with van der Waals surface area (Å²) in [4.78, 5) is 2.19. The molecule has 1 aliphatic heterocycles. The predicted molar refractivity (Wildman–Crippen MR) is 111 cm³/mol. The first-order valence-electron chi connectivity index (χ1n) is 9.65. The van der Waals surface area contributed by atoms with Crippen molar-refractivity contribution in [3.05, 3.63) is 71.4 Å². The molecule has 1 heterocycles. The number of likely N-dealkylation sites (tertiary alicyclic amines) is 1. The van der Waals surface area contributed by atoms with Crippen molar-refractivity contribution in [2.45, 2.75) is 18.5 Å². The van der Waals surface area contributed by atoms with Crippen molar-refractivity contribution >= 4 is 21.8 Å². The van der Waals surface area contributed by atoms with Gasteiger partial charge in [-0.15, -0.1) is 0 Å². The topological polar surface area (TPSA) is 49.4 Å². The maximum Gasteiger partial charge on any atom is 0.416 e. The van der Waals surface area contributed by atoms with Crippen LogP contribution in [0.2, 0.25) is 0 Å². The number of benzene rings is 2. The third-order valence-corrected chi connectivity index (χ3v) is 6.89. The molecule has 1 N–H and O–H groups in total. The zero-order valence-electron chi connectivity index (χ0n) is 16.6. The average molecular weight is 436 g/mol. The number of sulfonamides is 1. The third kappa shape index (κ3) is 4.05. The highest BCUT2D eigenvalue weighted by molar-refractivity contribution is 7.92. The summed E-state index contributed by atoms with van der Waals surface area (Å²) in [7, 11) is -3.32. The van der Waals surface area contributed by atoms with Crippen molar-refractivity contribution in [3.8, 4) is 0 Å². The SMILES string of the molecule is CC1(c2cccc(NS(C)(=O)=O)c2)C2CN(/C=C\c3ccc(C(F)(F)F)cc3)CC21. The lowest BCUT2D eigenvalue weighted by molar-refractivity contribution is -0.137.